The first-order valence-corrected chi connectivity index (χ1v) is 10.8. The summed E-state index contributed by atoms with van der Waals surface area (Å²) in [6.45, 7) is 3.28. The Labute approximate surface area is 196 Å². The number of nitrogens with one attached hydrogen (secondary N) is 1. The van der Waals surface area contributed by atoms with Gasteiger partial charge in [-0.05, 0) is 29.8 Å². The van der Waals surface area contributed by atoms with E-state index < -0.39 is 24.2 Å². The van der Waals surface area contributed by atoms with Gasteiger partial charge in [0.1, 0.15) is 12.4 Å². The Hall–Kier alpha value is -3.88. The molecule has 2 N–H and O–H groups in total. The lowest BCUT2D eigenvalue weighted by Crippen LogP contribution is -2.48. The summed E-state index contributed by atoms with van der Waals surface area (Å²) in [5.41, 5.74) is 8.89. The van der Waals surface area contributed by atoms with Crippen LogP contribution in [0.5, 0.6) is 5.75 Å². The monoisotopic (exact) mass is 467 g/mol. The van der Waals surface area contributed by atoms with Gasteiger partial charge in [0.25, 0.3) is 5.91 Å². The molecule has 0 spiro atoms. The Morgan fingerprint density at radius 2 is 2.12 bits per heavy atom. The lowest BCUT2D eigenvalue weighted by Gasteiger charge is -2.30. The fourth-order valence-electron chi connectivity index (χ4n) is 3.67. The zero-order chi connectivity index (χ0) is 24.4. The molecule has 0 fully saturated rings. The second kappa shape index (κ2) is 11.8. The zero-order valence-electron chi connectivity index (χ0n) is 18.6. The lowest BCUT2D eigenvalue weighted by molar-refractivity contribution is -0.128. The largest absolute Gasteiger partial charge is 0.494 e. The second-order valence-electron chi connectivity index (χ2n) is 7.48. The van der Waals surface area contributed by atoms with Crippen LogP contribution < -0.4 is 10.1 Å². The Balaban J connectivity index is 2.04. The number of aliphatic hydroxyl groups is 1. The summed E-state index contributed by atoms with van der Waals surface area (Å²) in [7, 11) is 0. The molecule has 3 rings (SSSR count). The Bertz CT molecular complexity index is 1090. The molecule has 34 heavy (non-hydrogen) atoms. The van der Waals surface area contributed by atoms with Gasteiger partial charge in [0.2, 0.25) is 5.90 Å². The van der Waals surface area contributed by atoms with Crippen molar-refractivity contribution < 1.29 is 23.8 Å². The molecule has 178 valence electrons. The highest BCUT2D eigenvalue weighted by molar-refractivity contribution is 6.01. The predicted molar refractivity (Wildman–Crippen MR) is 126 cm³/mol. The van der Waals surface area contributed by atoms with Crippen LogP contribution in [0.4, 0.5) is 10.1 Å². The third kappa shape index (κ3) is 5.36. The van der Waals surface area contributed by atoms with Gasteiger partial charge in [-0.2, -0.15) is 0 Å². The normalized spacial score (nSPS) is 18.9. The molecular weight excluding hydrogens is 441 g/mol. The SMILES string of the molecule is C=CC[C@@]1(C(=O)NCCF)N=C(c2ccc(OCCCO)cc2)O[C@@H]1c1ccccc1N=[N+]=[N-]. The third-order valence-corrected chi connectivity index (χ3v) is 5.24. The standard InChI is InChI=1S/C24H26FN5O4/c1-2-12-24(23(32)27-14-13-25)21(19-6-3-4-7-20(19)29-30-26)34-22(28-24)17-8-10-18(11-9-17)33-16-5-15-31/h2-4,6-11,21,31H,1,5,12-16H2,(H,27,32)/t21-,24-/m1/s1. The summed E-state index contributed by atoms with van der Waals surface area (Å²) < 4.78 is 24.6. The minimum atomic E-state index is -1.48. The average Bonchev–Trinajstić information content (AvgIpc) is 3.24. The van der Waals surface area contributed by atoms with Crippen molar-refractivity contribution in [2.24, 2.45) is 10.1 Å². The topological polar surface area (TPSA) is 129 Å². The van der Waals surface area contributed by atoms with Crippen LogP contribution in [-0.2, 0) is 9.53 Å². The van der Waals surface area contributed by atoms with E-state index in [1.165, 1.54) is 0 Å². The van der Waals surface area contributed by atoms with Crippen LogP contribution in [0.25, 0.3) is 10.4 Å². The molecule has 0 saturated carbocycles. The summed E-state index contributed by atoms with van der Waals surface area (Å²) in [5, 5.41) is 15.2. The van der Waals surface area contributed by atoms with Crippen LogP contribution in [0.1, 0.15) is 30.1 Å². The number of benzene rings is 2. The Morgan fingerprint density at radius 1 is 1.35 bits per heavy atom. The van der Waals surface area contributed by atoms with Gasteiger partial charge in [-0.25, -0.2) is 9.38 Å². The van der Waals surface area contributed by atoms with Crippen molar-refractivity contribution in [3.8, 4) is 5.75 Å². The van der Waals surface area contributed by atoms with Gasteiger partial charge >= 0.3 is 0 Å². The van der Waals surface area contributed by atoms with E-state index in [-0.39, 0.29) is 25.5 Å². The van der Waals surface area contributed by atoms with E-state index in [4.69, 9.17) is 20.1 Å². The summed E-state index contributed by atoms with van der Waals surface area (Å²) in [6, 6.07) is 13.7. The number of nitrogens with zero attached hydrogens (tertiary/aromatic N) is 4. The Kier molecular flexibility index (Phi) is 8.61. The van der Waals surface area contributed by atoms with Gasteiger partial charge in [0.05, 0.1) is 6.61 Å². The van der Waals surface area contributed by atoms with E-state index >= 15 is 0 Å². The number of carbonyl (C=O) groups excluding carboxylic acids is 1. The van der Waals surface area contributed by atoms with E-state index in [0.29, 0.717) is 35.6 Å². The highest BCUT2D eigenvalue weighted by Gasteiger charge is 2.52. The van der Waals surface area contributed by atoms with Crippen LogP contribution in [0, 0.1) is 0 Å². The molecule has 0 radical (unpaired) electrons. The van der Waals surface area contributed by atoms with Gasteiger partial charge in [0.15, 0.2) is 11.6 Å². The molecule has 1 heterocycles. The number of ether oxygens (including phenoxy) is 2. The van der Waals surface area contributed by atoms with E-state index in [2.05, 4.69) is 26.9 Å². The summed E-state index contributed by atoms with van der Waals surface area (Å²) >= 11 is 0. The number of azide groups is 1. The maximum Gasteiger partial charge on any atom is 0.252 e. The molecular formula is C24H26FN5O4. The number of hydrogen-bond acceptors (Lipinski definition) is 6. The molecule has 2 atom stereocenters. The number of alkyl halides is 1. The maximum atomic E-state index is 13.3. The molecule has 1 aliphatic heterocycles. The molecule has 1 amide bonds. The quantitative estimate of drug-likeness (QED) is 0.158. The molecule has 0 aliphatic carbocycles. The molecule has 9 nitrogen and oxygen atoms in total. The predicted octanol–water partition coefficient (Wildman–Crippen LogP) is 4.31. The molecule has 2 aromatic carbocycles. The number of amides is 1. The minimum absolute atomic E-state index is 0.0390. The molecule has 0 saturated heterocycles. The van der Waals surface area contributed by atoms with Gasteiger partial charge in [-0.1, -0.05) is 35.5 Å². The molecule has 2 aromatic rings. The van der Waals surface area contributed by atoms with Crippen molar-refractivity contribution in [2.75, 3.05) is 26.4 Å². The molecule has 1 aliphatic rings. The number of hydrogen-bond donors (Lipinski definition) is 2. The molecule has 0 bridgehead atoms. The summed E-state index contributed by atoms with van der Waals surface area (Å²) in [4.78, 5) is 20.8. The molecule has 0 aromatic heterocycles. The summed E-state index contributed by atoms with van der Waals surface area (Å²) in [5.74, 6) is 0.295. The number of carbonyl (C=O) groups is 1. The van der Waals surface area contributed by atoms with Crippen molar-refractivity contribution in [3.05, 3.63) is 82.8 Å². The third-order valence-electron chi connectivity index (χ3n) is 5.24. The zero-order valence-corrected chi connectivity index (χ0v) is 18.6. The van der Waals surface area contributed by atoms with Gasteiger partial charge in [0, 0.05) is 47.7 Å². The van der Waals surface area contributed by atoms with E-state index in [0.717, 1.165) is 0 Å². The van der Waals surface area contributed by atoms with Crippen molar-refractivity contribution in [3.63, 3.8) is 0 Å². The smallest absolute Gasteiger partial charge is 0.252 e. The summed E-state index contributed by atoms with van der Waals surface area (Å²) in [6.07, 6.45) is 1.22. The number of aliphatic imine (C=N–C) groups is 1. The van der Waals surface area contributed by atoms with Crippen LogP contribution in [0.15, 0.2) is 71.3 Å². The van der Waals surface area contributed by atoms with Gasteiger partial charge in [-0.15, -0.1) is 6.58 Å². The number of rotatable bonds is 12. The van der Waals surface area contributed by atoms with Gasteiger partial charge in [-0.3, -0.25) is 4.79 Å². The average molecular weight is 468 g/mol. The molecule has 0 unspecified atom stereocenters. The van der Waals surface area contributed by atoms with Crippen LogP contribution in [0.3, 0.4) is 0 Å². The van der Waals surface area contributed by atoms with Crippen LogP contribution in [-0.4, -0.2) is 48.9 Å². The molecule has 10 heteroatoms. The fraction of sp³-hybridized carbons (Fsp3) is 0.333. The fourth-order valence-corrected chi connectivity index (χ4v) is 3.67. The van der Waals surface area contributed by atoms with Crippen molar-refractivity contribution in [1.82, 2.24) is 5.32 Å². The van der Waals surface area contributed by atoms with Crippen molar-refractivity contribution in [1.29, 1.82) is 0 Å². The maximum absolute atomic E-state index is 13.3. The Morgan fingerprint density at radius 3 is 2.79 bits per heavy atom. The number of halogens is 1. The first-order valence-electron chi connectivity index (χ1n) is 10.8. The van der Waals surface area contributed by atoms with E-state index in [9.17, 15) is 9.18 Å². The highest BCUT2D eigenvalue weighted by atomic mass is 19.1. The van der Waals surface area contributed by atoms with E-state index in [1.807, 2.05) is 0 Å². The first kappa shape index (κ1) is 24.8. The second-order valence-corrected chi connectivity index (χ2v) is 7.48. The van der Waals surface area contributed by atoms with Crippen LogP contribution >= 0.6 is 0 Å². The highest BCUT2D eigenvalue weighted by Crippen LogP contribution is 2.45. The van der Waals surface area contributed by atoms with E-state index in [1.54, 1.807) is 54.6 Å². The van der Waals surface area contributed by atoms with Crippen LogP contribution in [0.2, 0.25) is 0 Å². The lowest BCUT2D eigenvalue weighted by atomic mass is 9.84. The number of aliphatic hydroxyl groups excluding tert-OH is 1. The van der Waals surface area contributed by atoms with Crippen molar-refractivity contribution in [2.45, 2.75) is 24.5 Å². The van der Waals surface area contributed by atoms with Crippen molar-refractivity contribution >= 4 is 17.5 Å². The minimum Gasteiger partial charge on any atom is -0.494 e. The van der Waals surface area contributed by atoms with Gasteiger partial charge < -0.3 is 19.9 Å². The first-order chi connectivity index (χ1) is 16.6.